The van der Waals surface area contributed by atoms with Crippen LogP contribution in [0.2, 0.25) is 5.02 Å². The van der Waals surface area contributed by atoms with Crippen LogP contribution in [-0.2, 0) is 21.3 Å². The number of anilines is 2. The Hall–Kier alpha value is -3.25. The molecule has 204 valence electrons. The van der Waals surface area contributed by atoms with E-state index in [1.807, 2.05) is 27.7 Å². The number of hydrogen-bond acceptors (Lipinski definition) is 8. The zero-order chi connectivity index (χ0) is 26.8. The third-order valence-corrected chi connectivity index (χ3v) is 9.31. The van der Waals surface area contributed by atoms with Crippen molar-refractivity contribution < 1.29 is 13.2 Å². The average molecular weight is 568 g/mol. The zero-order valence-corrected chi connectivity index (χ0v) is 23.0. The molecule has 0 saturated carbocycles. The molecule has 39 heavy (non-hydrogen) atoms. The van der Waals surface area contributed by atoms with Gasteiger partial charge in [-0.25, -0.2) is 13.4 Å². The van der Waals surface area contributed by atoms with E-state index in [1.54, 1.807) is 30.6 Å². The molecule has 0 spiro atoms. The summed E-state index contributed by atoms with van der Waals surface area (Å²) in [6.07, 6.45) is 4.02. The molecular weight excluding hydrogens is 538 g/mol. The van der Waals surface area contributed by atoms with Crippen molar-refractivity contribution >= 4 is 44.6 Å². The second-order valence-corrected chi connectivity index (χ2v) is 12.1. The van der Waals surface area contributed by atoms with Crippen molar-refractivity contribution in [2.24, 2.45) is 0 Å². The Morgan fingerprint density at radius 3 is 2.49 bits per heavy atom. The molecule has 2 aromatic heterocycles. The minimum Gasteiger partial charge on any atom is -0.376 e. The number of nitrogens with zero attached hydrogens (tertiary/aromatic N) is 6. The summed E-state index contributed by atoms with van der Waals surface area (Å²) in [5, 5.41) is 3.95. The Bertz CT molecular complexity index is 1530. The van der Waals surface area contributed by atoms with Gasteiger partial charge in [0.25, 0.3) is 0 Å². The van der Waals surface area contributed by atoms with Crippen LogP contribution in [0.25, 0.3) is 11.2 Å². The molecule has 0 bridgehead atoms. The Kier molecular flexibility index (Phi) is 7.39. The molecule has 6 rings (SSSR count). The number of sulfonamides is 1. The number of ether oxygens (including phenoxy) is 1. The highest BCUT2D eigenvalue weighted by Crippen LogP contribution is 2.26. The minimum absolute atomic E-state index is 0.145. The first-order chi connectivity index (χ1) is 19.0. The first kappa shape index (κ1) is 26.0. The van der Waals surface area contributed by atoms with Gasteiger partial charge in [0, 0.05) is 44.4 Å². The maximum atomic E-state index is 13.2. The second-order valence-electron chi connectivity index (χ2n) is 9.76. The largest absolute Gasteiger partial charge is 0.376 e. The summed E-state index contributed by atoms with van der Waals surface area (Å²) in [7, 11) is -3.61. The molecule has 2 saturated heterocycles. The third kappa shape index (κ3) is 5.58. The monoisotopic (exact) mass is 567 g/mol. The topological polar surface area (TPSA) is 105 Å². The van der Waals surface area contributed by atoms with Crippen LogP contribution in [0.15, 0.2) is 65.8 Å². The van der Waals surface area contributed by atoms with Crippen molar-refractivity contribution in [3.8, 4) is 0 Å². The minimum atomic E-state index is -3.61. The van der Waals surface area contributed by atoms with Gasteiger partial charge in [-0.2, -0.15) is 14.3 Å². The summed E-state index contributed by atoms with van der Waals surface area (Å²) in [5.41, 5.74) is 2.58. The fourth-order valence-electron chi connectivity index (χ4n) is 4.99. The SMILES string of the molecule is O=S(=O)(c1ccc(Cl)cc1)N1CCN(c2nc(NCC3CCCO3)c3ncn(Cc4ccccc4)c3n2)CC1. The number of hydrogen-bond donors (Lipinski definition) is 1. The predicted octanol–water partition coefficient (Wildman–Crippen LogP) is 3.63. The molecule has 1 N–H and O–H groups in total. The highest BCUT2D eigenvalue weighted by Gasteiger charge is 2.30. The van der Waals surface area contributed by atoms with Crippen LogP contribution >= 0.6 is 11.6 Å². The lowest BCUT2D eigenvalue weighted by atomic mass is 10.2. The summed E-state index contributed by atoms with van der Waals surface area (Å²) < 4.78 is 35.6. The van der Waals surface area contributed by atoms with Crippen molar-refractivity contribution in [3.05, 3.63) is 71.5 Å². The van der Waals surface area contributed by atoms with Crippen LogP contribution in [0.1, 0.15) is 18.4 Å². The van der Waals surface area contributed by atoms with E-state index in [4.69, 9.17) is 26.3 Å². The van der Waals surface area contributed by atoms with Gasteiger partial charge >= 0.3 is 0 Å². The van der Waals surface area contributed by atoms with Crippen LogP contribution in [0.3, 0.4) is 0 Å². The van der Waals surface area contributed by atoms with Gasteiger partial charge in [-0.05, 0) is 42.7 Å². The molecule has 10 nitrogen and oxygen atoms in total. The predicted molar refractivity (Wildman–Crippen MR) is 151 cm³/mol. The molecule has 4 heterocycles. The summed E-state index contributed by atoms with van der Waals surface area (Å²) in [6.45, 7) is 3.65. The highest BCUT2D eigenvalue weighted by atomic mass is 35.5. The number of imidazole rings is 1. The fourth-order valence-corrected chi connectivity index (χ4v) is 6.54. The van der Waals surface area contributed by atoms with Gasteiger partial charge in [-0.15, -0.1) is 0 Å². The van der Waals surface area contributed by atoms with Gasteiger partial charge in [-0.3, -0.25) is 0 Å². The summed E-state index contributed by atoms with van der Waals surface area (Å²) in [4.78, 5) is 16.7. The quantitative estimate of drug-likeness (QED) is 0.344. The standard InChI is InChI=1S/C27H30ClN7O3S/c28-21-8-10-23(11-9-21)39(36,37)35-14-12-33(13-15-35)27-31-25(29-17-22-7-4-16-38-22)24-26(32-27)34(19-30-24)18-20-5-2-1-3-6-20/h1-3,5-6,8-11,19,22H,4,7,12-18H2,(H,29,31,32). The highest BCUT2D eigenvalue weighted by molar-refractivity contribution is 7.89. The molecule has 2 aliphatic rings. The molecule has 0 amide bonds. The molecule has 1 unspecified atom stereocenters. The number of halogens is 1. The van der Waals surface area contributed by atoms with Gasteiger partial charge in [0.1, 0.15) is 0 Å². The van der Waals surface area contributed by atoms with Gasteiger partial charge in [-0.1, -0.05) is 41.9 Å². The molecular formula is C27H30ClN7O3S. The van der Waals surface area contributed by atoms with E-state index < -0.39 is 10.0 Å². The first-order valence-corrected chi connectivity index (χ1v) is 14.9. The smallest absolute Gasteiger partial charge is 0.243 e. The van der Waals surface area contributed by atoms with E-state index in [1.165, 1.54) is 4.31 Å². The lowest BCUT2D eigenvalue weighted by molar-refractivity contribution is 0.120. The van der Waals surface area contributed by atoms with Crippen LogP contribution < -0.4 is 10.2 Å². The molecule has 2 aromatic carbocycles. The van der Waals surface area contributed by atoms with Gasteiger partial charge in [0.05, 0.1) is 23.9 Å². The number of nitrogens with one attached hydrogen (secondary N) is 1. The number of fused-ring (bicyclic) bond motifs is 1. The van der Waals surface area contributed by atoms with Crippen molar-refractivity contribution in [1.29, 1.82) is 0 Å². The van der Waals surface area contributed by atoms with Crippen molar-refractivity contribution in [2.45, 2.75) is 30.4 Å². The molecule has 2 fully saturated rings. The number of benzene rings is 2. The second kappa shape index (κ2) is 11.1. The number of aromatic nitrogens is 4. The molecule has 12 heteroatoms. The summed E-state index contributed by atoms with van der Waals surface area (Å²) >= 11 is 5.95. The Morgan fingerprint density at radius 2 is 1.77 bits per heavy atom. The summed E-state index contributed by atoms with van der Waals surface area (Å²) in [6, 6.07) is 16.4. The van der Waals surface area contributed by atoms with E-state index in [0.717, 1.165) is 30.7 Å². The Balaban J connectivity index is 1.26. The molecule has 1 atom stereocenters. The van der Waals surface area contributed by atoms with Crippen LogP contribution in [0, 0.1) is 0 Å². The third-order valence-electron chi connectivity index (χ3n) is 7.14. The van der Waals surface area contributed by atoms with Crippen molar-refractivity contribution in [3.63, 3.8) is 0 Å². The van der Waals surface area contributed by atoms with Crippen LogP contribution in [-0.4, -0.2) is 77.7 Å². The Labute approximate surface area is 232 Å². The lowest BCUT2D eigenvalue weighted by Crippen LogP contribution is -2.49. The molecule has 4 aromatic rings. The van der Waals surface area contributed by atoms with E-state index >= 15 is 0 Å². The van der Waals surface area contributed by atoms with Crippen LogP contribution in [0.5, 0.6) is 0 Å². The number of rotatable bonds is 8. The van der Waals surface area contributed by atoms with E-state index in [-0.39, 0.29) is 11.0 Å². The zero-order valence-electron chi connectivity index (χ0n) is 21.4. The normalized spacial score (nSPS) is 18.6. The van der Waals surface area contributed by atoms with Crippen LogP contribution in [0.4, 0.5) is 11.8 Å². The fraction of sp³-hybridized carbons (Fsp3) is 0.370. The molecule has 0 aliphatic carbocycles. The maximum Gasteiger partial charge on any atom is 0.243 e. The molecule has 0 radical (unpaired) electrons. The van der Waals surface area contributed by atoms with Crippen molar-refractivity contribution in [2.75, 3.05) is 49.5 Å². The molecule has 2 aliphatic heterocycles. The van der Waals surface area contributed by atoms with E-state index in [9.17, 15) is 8.42 Å². The number of piperazine rings is 1. The lowest BCUT2D eigenvalue weighted by Gasteiger charge is -2.34. The first-order valence-electron chi connectivity index (χ1n) is 13.1. The van der Waals surface area contributed by atoms with Crippen molar-refractivity contribution in [1.82, 2.24) is 23.8 Å². The maximum absolute atomic E-state index is 13.2. The van der Waals surface area contributed by atoms with Gasteiger partial charge < -0.3 is 19.5 Å². The van der Waals surface area contributed by atoms with Gasteiger partial charge in [0.2, 0.25) is 16.0 Å². The van der Waals surface area contributed by atoms with E-state index in [0.29, 0.717) is 61.6 Å². The average Bonchev–Trinajstić information content (AvgIpc) is 3.63. The van der Waals surface area contributed by atoms with E-state index in [2.05, 4.69) is 22.4 Å². The summed E-state index contributed by atoms with van der Waals surface area (Å²) in [5.74, 6) is 1.21. The Morgan fingerprint density at radius 1 is 1.00 bits per heavy atom. The van der Waals surface area contributed by atoms with Gasteiger partial charge in [0.15, 0.2) is 17.0 Å².